The van der Waals surface area contributed by atoms with Crippen molar-refractivity contribution in [1.82, 2.24) is 0 Å². The van der Waals surface area contributed by atoms with Gasteiger partial charge in [-0.1, -0.05) is 20.4 Å². The molecule has 2 N–H and O–H groups in total. The van der Waals surface area contributed by atoms with Crippen LogP contribution in [0.4, 0.5) is 0 Å². The van der Waals surface area contributed by atoms with Crippen molar-refractivity contribution in [2.24, 2.45) is 11.3 Å². The normalized spacial score (nSPS) is 32.2. The van der Waals surface area contributed by atoms with Crippen molar-refractivity contribution < 1.29 is 29.3 Å². The molecular formula is C15H22O6. The maximum Gasteiger partial charge on any atom is 0.349 e. The van der Waals surface area contributed by atoms with E-state index < -0.39 is 28.9 Å². The summed E-state index contributed by atoms with van der Waals surface area (Å²) in [6, 6.07) is 0. The summed E-state index contributed by atoms with van der Waals surface area (Å²) in [6.45, 7) is 8.31. The molecule has 3 unspecified atom stereocenters. The van der Waals surface area contributed by atoms with Gasteiger partial charge < -0.3 is 14.9 Å². The highest BCUT2D eigenvalue weighted by atomic mass is 16.6. The summed E-state index contributed by atoms with van der Waals surface area (Å²) in [5.74, 6) is -3.47. The lowest BCUT2D eigenvalue weighted by atomic mass is 9.58. The molecule has 0 aromatic rings. The van der Waals surface area contributed by atoms with Gasteiger partial charge in [0.25, 0.3) is 0 Å². The van der Waals surface area contributed by atoms with Gasteiger partial charge in [-0.2, -0.15) is 0 Å². The van der Waals surface area contributed by atoms with Crippen LogP contribution >= 0.6 is 0 Å². The molecule has 118 valence electrons. The van der Waals surface area contributed by atoms with E-state index in [0.29, 0.717) is 6.42 Å². The molecule has 6 nitrogen and oxygen atoms in total. The Kier molecular flexibility index (Phi) is 4.81. The van der Waals surface area contributed by atoms with E-state index >= 15 is 0 Å². The molecule has 1 fully saturated rings. The van der Waals surface area contributed by atoms with Crippen LogP contribution in [0, 0.1) is 11.3 Å². The number of aliphatic carboxylic acids is 2. The molecule has 1 rings (SSSR count). The van der Waals surface area contributed by atoms with E-state index in [0.717, 1.165) is 0 Å². The predicted octanol–water partition coefficient (Wildman–Crippen LogP) is 2.23. The smallest absolute Gasteiger partial charge is 0.349 e. The highest BCUT2D eigenvalue weighted by Gasteiger charge is 2.65. The molecule has 0 heterocycles. The van der Waals surface area contributed by atoms with Crippen LogP contribution in [0.2, 0.25) is 0 Å². The molecule has 0 amide bonds. The Hall–Kier alpha value is -1.85. The van der Waals surface area contributed by atoms with Gasteiger partial charge in [0.1, 0.15) is 5.41 Å². The van der Waals surface area contributed by atoms with Gasteiger partial charge in [-0.25, -0.2) is 9.59 Å². The Morgan fingerprint density at radius 2 is 1.86 bits per heavy atom. The van der Waals surface area contributed by atoms with Crippen molar-refractivity contribution >= 4 is 17.9 Å². The Balaban J connectivity index is 3.43. The second-order valence-electron chi connectivity index (χ2n) is 5.89. The Labute approximate surface area is 123 Å². The van der Waals surface area contributed by atoms with Crippen LogP contribution in [0.1, 0.15) is 46.5 Å². The molecule has 0 saturated heterocycles. The number of carbonyl (C=O) groups is 3. The molecule has 3 atom stereocenters. The van der Waals surface area contributed by atoms with Crippen molar-refractivity contribution in [3.8, 4) is 0 Å². The number of carboxylic acid groups (broad SMARTS) is 2. The van der Waals surface area contributed by atoms with Gasteiger partial charge in [0.15, 0.2) is 0 Å². The van der Waals surface area contributed by atoms with Crippen molar-refractivity contribution in [3.05, 3.63) is 12.2 Å². The van der Waals surface area contributed by atoms with Gasteiger partial charge in [0, 0.05) is 5.57 Å². The van der Waals surface area contributed by atoms with Crippen LogP contribution in [-0.4, -0.2) is 33.7 Å². The standard InChI is InChI=1S/C15H22O6/c1-5-14(12(17)18)8-10(4)6-7-15(14,13(19)20)21-11(16)9(2)3/h10H,2,5-8H2,1,3-4H3,(H,17,18)(H,19,20). The highest BCUT2D eigenvalue weighted by molar-refractivity contribution is 5.94. The zero-order valence-corrected chi connectivity index (χ0v) is 12.6. The third-order valence-corrected chi connectivity index (χ3v) is 4.43. The first-order chi connectivity index (χ1) is 9.63. The van der Waals surface area contributed by atoms with E-state index in [-0.39, 0.29) is 30.8 Å². The SMILES string of the molecule is C=C(C)C(=O)OC1(C(=O)O)CCC(C)CC1(CC)C(=O)O. The quantitative estimate of drug-likeness (QED) is 0.596. The maximum atomic E-state index is 11.9. The van der Waals surface area contributed by atoms with E-state index in [1.807, 2.05) is 6.92 Å². The van der Waals surface area contributed by atoms with E-state index in [1.165, 1.54) is 6.92 Å². The number of ether oxygens (including phenoxy) is 1. The minimum Gasteiger partial charge on any atom is -0.481 e. The minimum atomic E-state index is -2.05. The maximum absolute atomic E-state index is 11.9. The highest BCUT2D eigenvalue weighted by Crippen LogP contribution is 2.51. The molecule has 1 aliphatic rings. The minimum absolute atomic E-state index is 0.0112. The van der Waals surface area contributed by atoms with Crippen molar-refractivity contribution in [2.75, 3.05) is 0 Å². The van der Waals surface area contributed by atoms with Crippen LogP contribution in [-0.2, 0) is 19.1 Å². The third kappa shape index (κ3) is 2.66. The lowest BCUT2D eigenvalue weighted by molar-refractivity contribution is -0.212. The summed E-state index contributed by atoms with van der Waals surface area (Å²) in [5.41, 5.74) is -3.62. The zero-order chi connectivity index (χ0) is 16.4. The second kappa shape index (κ2) is 5.87. The van der Waals surface area contributed by atoms with E-state index in [1.54, 1.807) is 6.92 Å². The van der Waals surface area contributed by atoms with Gasteiger partial charge in [0.05, 0.1) is 0 Å². The molecule has 0 aromatic carbocycles. The number of esters is 1. The summed E-state index contributed by atoms with van der Waals surface area (Å²) < 4.78 is 5.20. The summed E-state index contributed by atoms with van der Waals surface area (Å²) in [5, 5.41) is 19.3. The monoisotopic (exact) mass is 298 g/mol. The summed E-state index contributed by atoms with van der Waals surface area (Å²) in [7, 11) is 0. The molecule has 0 bridgehead atoms. The number of hydrogen-bond donors (Lipinski definition) is 2. The average molecular weight is 298 g/mol. The molecule has 6 heteroatoms. The van der Waals surface area contributed by atoms with Crippen molar-refractivity contribution in [1.29, 1.82) is 0 Å². The topological polar surface area (TPSA) is 101 Å². The first kappa shape index (κ1) is 17.2. The van der Waals surface area contributed by atoms with Crippen LogP contribution < -0.4 is 0 Å². The third-order valence-electron chi connectivity index (χ3n) is 4.43. The number of hydrogen-bond acceptors (Lipinski definition) is 4. The molecule has 21 heavy (non-hydrogen) atoms. The van der Waals surface area contributed by atoms with Crippen molar-refractivity contribution in [2.45, 2.75) is 52.1 Å². The summed E-state index contributed by atoms with van der Waals surface area (Å²) in [4.78, 5) is 35.5. The van der Waals surface area contributed by atoms with E-state index in [2.05, 4.69) is 6.58 Å². The Morgan fingerprint density at radius 3 is 2.24 bits per heavy atom. The first-order valence-electron chi connectivity index (χ1n) is 6.98. The molecule has 0 aromatic heterocycles. The summed E-state index contributed by atoms with van der Waals surface area (Å²) >= 11 is 0. The van der Waals surface area contributed by atoms with Gasteiger partial charge in [-0.3, -0.25) is 4.79 Å². The average Bonchev–Trinajstić information content (AvgIpc) is 2.39. The number of rotatable bonds is 5. The largest absolute Gasteiger partial charge is 0.481 e. The van der Waals surface area contributed by atoms with Gasteiger partial charge in [0.2, 0.25) is 5.60 Å². The van der Waals surface area contributed by atoms with Gasteiger partial charge in [-0.15, -0.1) is 0 Å². The predicted molar refractivity (Wildman–Crippen MR) is 74.6 cm³/mol. The lowest BCUT2D eigenvalue weighted by Crippen LogP contribution is -2.63. The second-order valence-corrected chi connectivity index (χ2v) is 5.89. The zero-order valence-electron chi connectivity index (χ0n) is 12.6. The van der Waals surface area contributed by atoms with Crippen LogP contribution in [0.5, 0.6) is 0 Å². The van der Waals surface area contributed by atoms with Crippen molar-refractivity contribution in [3.63, 3.8) is 0 Å². The van der Waals surface area contributed by atoms with Crippen LogP contribution in [0.3, 0.4) is 0 Å². The van der Waals surface area contributed by atoms with E-state index in [4.69, 9.17) is 4.74 Å². The fourth-order valence-corrected chi connectivity index (χ4v) is 3.14. The molecule has 1 aliphatic carbocycles. The Bertz CT molecular complexity index is 483. The lowest BCUT2D eigenvalue weighted by Gasteiger charge is -2.48. The fraction of sp³-hybridized carbons (Fsp3) is 0.667. The van der Waals surface area contributed by atoms with E-state index in [9.17, 15) is 24.6 Å². The molecular weight excluding hydrogens is 276 g/mol. The molecule has 0 spiro atoms. The molecule has 1 saturated carbocycles. The number of carboxylic acids is 2. The van der Waals surface area contributed by atoms with Crippen LogP contribution in [0.15, 0.2) is 12.2 Å². The first-order valence-corrected chi connectivity index (χ1v) is 6.98. The molecule has 0 aliphatic heterocycles. The van der Waals surface area contributed by atoms with Crippen LogP contribution in [0.25, 0.3) is 0 Å². The fourth-order valence-electron chi connectivity index (χ4n) is 3.14. The molecule has 0 radical (unpaired) electrons. The van der Waals surface area contributed by atoms with Gasteiger partial charge >= 0.3 is 17.9 Å². The van der Waals surface area contributed by atoms with Gasteiger partial charge in [-0.05, 0) is 38.5 Å². The Morgan fingerprint density at radius 1 is 1.29 bits per heavy atom. The number of carbonyl (C=O) groups excluding carboxylic acids is 1. The summed E-state index contributed by atoms with van der Waals surface area (Å²) in [6.07, 6.45) is 0.713.